The molecule has 0 radical (unpaired) electrons. The van der Waals surface area contributed by atoms with E-state index in [1.165, 1.54) is 22.3 Å². The highest BCUT2D eigenvalue weighted by molar-refractivity contribution is 5.96. The Kier molecular flexibility index (Phi) is 6.69. The summed E-state index contributed by atoms with van der Waals surface area (Å²) in [6, 6.07) is 23.4. The second-order valence-electron chi connectivity index (χ2n) is 12.3. The fraction of sp³-hybridized carbons (Fsp3) is 0.216. The molecule has 210 valence electrons. The summed E-state index contributed by atoms with van der Waals surface area (Å²) >= 11 is 0. The van der Waals surface area contributed by atoms with Crippen molar-refractivity contribution >= 4 is 11.0 Å². The lowest BCUT2D eigenvalue weighted by Crippen LogP contribution is -2.24. The van der Waals surface area contributed by atoms with Gasteiger partial charge in [-0.1, -0.05) is 56.7 Å². The summed E-state index contributed by atoms with van der Waals surface area (Å²) in [5.74, 6) is 0.649. The van der Waals surface area contributed by atoms with Gasteiger partial charge in [0.05, 0.1) is 22.3 Å². The van der Waals surface area contributed by atoms with Crippen LogP contribution in [0.5, 0.6) is 0 Å². The Labute approximate surface area is 247 Å². The van der Waals surface area contributed by atoms with Crippen LogP contribution < -0.4 is 5.43 Å². The minimum absolute atomic E-state index is 0.00552. The van der Waals surface area contributed by atoms with Gasteiger partial charge in [0.2, 0.25) is 0 Å². The molecular weight excluding hydrogens is 516 g/mol. The maximum atomic E-state index is 13.6. The second-order valence-corrected chi connectivity index (χ2v) is 12.3. The van der Waals surface area contributed by atoms with Crippen LogP contribution in [0.3, 0.4) is 0 Å². The molecule has 6 rings (SSSR count). The van der Waals surface area contributed by atoms with E-state index in [9.17, 15) is 4.79 Å². The quantitative estimate of drug-likeness (QED) is 0.238. The Morgan fingerprint density at radius 1 is 0.786 bits per heavy atom. The Bertz CT molecular complexity index is 2000. The number of rotatable bonds is 4. The molecule has 0 bridgehead atoms. The summed E-state index contributed by atoms with van der Waals surface area (Å²) in [5.41, 5.74) is 13.0. The smallest absolute Gasteiger partial charge is 0.196 e. The van der Waals surface area contributed by atoms with Crippen molar-refractivity contribution in [1.82, 2.24) is 19.5 Å². The van der Waals surface area contributed by atoms with Gasteiger partial charge in [-0.3, -0.25) is 9.78 Å². The molecule has 0 spiro atoms. The Hall–Kier alpha value is -4.77. The topological polar surface area (TPSA) is 63.6 Å². The molecule has 1 N–H and O–H groups in total. The lowest BCUT2D eigenvalue weighted by atomic mass is 9.87. The number of hydrogen-bond acceptors (Lipinski definition) is 3. The van der Waals surface area contributed by atoms with Gasteiger partial charge in [-0.25, -0.2) is 4.98 Å². The minimum Gasteiger partial charge on any atom is -0.366 e. The summed E-state index contributed by atoms with van der Waals surface area (Å²) in [6.07, 6.45) is 5.40. The molecule has 0 fully saturated rings. The van der Waals surface area contributed by atoms with Crippen LogP contribution >= 0.6 is 0 Å². The molecule has 6 aromatic rings. The molecule has 42 heavy (non-hydrogen) atoms. The number of pyridine rings is 2. The molecule has 0 aliphatic heterocycles. The van der Waals surface area contributed by atoms with Crippen molar-refractivity contribution < 1.29 is 0 Å². The summed E-state index contributed by atoms with van der Waals surface area (Å²) in [6.45, 7) is 12.7. The van der Waals surface area contributed by atoms with Crippen LogP contribution in [-0.4, -0.2) is 19.5 Å². The van der Waals surface area contributed by atoms with E-state index < -0.39 is 0 Å². The van der Waals surface area contributed by atoms with E-state index in [0.29, 0.717) is 11.4 Å². The van der Waals surface area contributed by atoms with E-state index in [1.54, 1.807) is 12.4 Å². The molecular formula is C37H36N4O. The van der Waals surface area contributed by atoms with Crippen LogP contribution in [0, 0.1) is 20.8 Å². The first kappa shape index (κ1) is 27.4. The minimum atomic E-state index is -0.284. The first-order chi connectivity index (χ1) is 20.0. The van der Waals surface area contributed by atoms with Crippen molar-refractivity contribution in [3.63, 3.8) is 0 Å². The number of H-pyrrole nitrogens is 1. The average Bonchev–Trinajstić information content (AvgIpc) is 3.28. The second kappa shape index (κ2) is 10.3. The molecule has 3 aromatic heterocycles. The molecule has 5 nitrogen and oxygen atoms in total. The van der Waals surface area contributed by atoms with Crippen molar-refractivity contribution in [3.05, 3.63) is 118 Å². The molecule has 0 saturated heterocycles. The van der Waals surface area contributed by atoms with Gasteiger partial charge in [-0.05, 0) is 90.4 Å². The average molecular weight is 553 g/mol. The van der Waals surface area contributed by atoms with E-state index >= 15 is 0 Å². The first-order valence-electron chi connectivity index (χ1n) is 14.4. The zero-order chi connectivity index (χ0) is 29.8. The van der Waals surface area contributed by atoms with Gasteiger partial charge in [0, 0.05) is 42.3 Å². The molecule has 0 aliphatic rings. The maximum absolute atomic E-state index is 13.6. The van der Waals surface area contributed by atoms with Gasteiger partial charge in [0.15, 0.2) is 5.43 Å². The summed E-state index contributed by atoms with van der Waals surface area (Å²) in [5, 5.41) is 0. The SMILES string of the molecule is Cc1cc(C)c(-c2cc(-c3ccccn3)cc(-c3cccc4c3nc(-c3c[nH]cc(C(C)(C)C)c3=O)n4C)c2)c(C)c1. The molecule has 5 heteroatoms. The molecule has 0 amide bonds. The summed E-state index contributed by atoms with van der Waals surface area (Å²) in [7, 11) is 1.98. The van der Waals surface area contributed by atoms with E-state index in [-0.39, 0.29) is 10.8 Å². The monoisotopic (exact) mass is 552 g/mol. The zero-order valence-electron chi connectivity index (χ0n) is 25.3. The third-order valence-corrected chi connectivity index (χ3v) is 8.08. The maximum Gasteiger partial charge on any atom is 0.196 e. The van der Waals surface area contributed by atoms with Crippen LogP contribution in [-0.2, 0) is 12.5 Å². The normalized spacial score (nSPS) is 11.8. The molecule has 3 aromatic carbocycles. The Balaban J connectivity index is 1.61. The number of hydrogen-bond donors (Lipinski definition) is 1. The Morgan fingerprint density at radius 3 is 2.19 bits per heavy atom. The highest BCUT2D eigenvalue weighted by Crippen LogP contribution is 2.38. The van der Waals surface area contributed by atoms with Gasteiger partial charge in [0.1, 0.15) is 5.82 Å². The van der Waals surface area contributed by atoms with E-state index in [2.05, 4.69) is 100 Å². The number of aromatic amines is 1. The fourth-order valence-corrected chi connectivity index (χ4v) is 6.14. The van der Waals surface area contributed by atoms with Crippen molar-refractivity contribution in [3.8, 4) is 44.9 Å². The van der Waals surface area contributed by atoms with E-state index in [1.807, 2.05) is 36.0 Å². The van der Waals surface area contributed by atoms with E-state index in [4.69, 9.17) is 4.98 Å². The highest BCUT2D eigenvalue weighted by atomic mass is 16.1. The van der Waals surface area contributed by atoms with Gasteiger partial charge in [-0.2, -0.15) is 0 Å². The predicted octanol–water partition coefficient (Wildman–Crippen LogP) is 8.55. The largest absolute Gasteiger partial charge is 0.366 e. The fourth-order valence-electron chi connectivity index (χ4n) is 6.14. The molecule has 0 aliphatic carbocycles. The highest BCUT2D eigenvalue weighted by Gasteiger charge is 2.23. The molecule has 0 saturated carbocycles. The lowest BCUT2D eigenvalue weighted by Gasteiger charge is -2.18. The van der Waals surface area contributed by atoms with Crippen LogP contribution in [0.4, 0.5) is 0 Å². The van der Waals surface area contributed by atoms with E-state index in [0.717, 1.165) is 44.5 Å². The van der Waals surface area contributed by atoms with Gasteiger partial charge in [-0.15, -0.1) is 0 Å². The van der Waals surface area contributed by atoms with Gasteiger partial charge in [0.25, 0.3) is 0 Å². The Morgan fingerprint density at radius 2 is 1.50 bits per heavy atom. The number of nitrogens with one attached hydrogen (secondary N) is 1. The number of nitrogens with zero attached hydrogens (tertiary/aromatic N) is 3. The molecule has 3 heterocycles. The number of imidazole rings is 1. The van der Waals surface area contributed by atoms with Crippen LogP contribution in [0.15, 0.2) is 90.1 Å². The van der Waals surface area contributed by atoms with Crippen molar-refractivity contribution in [2.75, 3.05) is 0 Å². The summed E-state index contributed by atoms with van der Waals surface area (Å²) < 4.78 is 2.02. The molecule has 0 atom stereocenters. The molecule has 0 unspecified atom stereocenters. The third-order valence-electron chi connectivity index (χ3n) is 8.08. The lowest BCUT2D eigenvalue weighted by molar-refractivity contribution is 0.583. The van der Waals surface area contributed by atoms with Crippen molar-refractivity contribution in [2.24, 2.45) is 7.05 Å². The number of aryl methyl sites for hydroxylation is 4. The summed E-state index contributed by atoms with van der Waals surface area (Å²) in [4.78, 5) is 26.6. The number of fused-ring (bicyclic) bond motifs is 1. The van der Waals surface area contributed by atoms with Gasteiger partial charge < -0.3 is 9.55 Å². The van der Waals surface area contributed by atoms with Crippen molar-refractivity contribution in [1.29, 1.82) is 0 Å². The van der Waals surface area contributed by atoms with Crippen molar-refractivity contribution in [2.45, 2.75) is 47.0 Å². The third kappa shape index (κ3) is 4.75. The van der Waals surface area contributed by atoms with Crippen LogP contribution in [0.1, 0.15) is 43.0 Å². The number of aromatic nitrogens is 4. The zero-order valence-corrected chi connectivity index (χ0v) is 25.3. The predicted molar refractivity (Wildman–Crippen MR) is 174 cm³/mol. The van der Waals surface area contributed by atoms with Crippen LogP contribution in [0.2, 0.25) is 0 Å². The van der Waals surface area contributed by atoms with Crippen LogP contribution in [0.25, 0.3) is 55.9 Å². The first-order valence-corrected chi connectivity index (χ1v) is 14.4. The van der Waals surface area contributed by atoms with Gasteiger partial charge >= 0.3 is 0 Å². The number of benzene rings is 3. The standard InChI is InChI=1S/C37H36N4O/c1-22-15-23(2)33(24(3)16-22)27-18-25(17-26(19-27)31-12-8-9-14-39-31)28-11-10-13-32-34(28)40-36(41(32)7)29-20-38-21-30(35(29)42)37(4,5)6/h8-21H,1-7H3,(H,38,42). The number of para-hydroxylation sites is 1.